The highest BCUT2D eigenvalue weighted by Gasteiger charge is 2.43. The topological polar surface area (TPSA) is 82.4 Å². The Labute approximate surface area is 195 Å². The molecule has 1 amide bonds. The van der Waals surface area contributed by atoms with Crippen LogP contribution in [0.4, 0.5) is 13.2 Å². The lowest BCUT2D eigenvalue weighted by molar-refractivity contribution is -0.189. The zero-order valence-electron chi connectivity index (χ0n) is 18.3. The minimum Gasteiger partial charge on any atom is -0.419 e. The molecule has 9 heteroatoms. The summed E-state index contributed by atoms with van der Waals surface area (Å²) >= 11 is 0. The molecule has 0 aliphatic heterocycles. The van der Waals surface area contributed by atoms with E-state index in [-0.39, 0.29) is 30.6 Å². The van der Waals surface area contributed by atoms with Gasteiger partial charge in [-0.1, -0.05) is 36.4 Å². The number of esters is 1. The number of nitrogens with zero attached hydrogens (tertiary/aromatic N) is 2. The van der Waals surface area contributed by atoms with Crippen LogP contribution in [0, 0.1) is 17.2 Å². The molecule has 2 aliphatic carbocycles. The summed E-state index contributed by atoms with van der Waals surface area (Å²) < 4.78 is 43.4. The van der Waals surface area contributed by atoms with Gasteiger partial charge in [-0.25, -0.2) is 4.79 Å². The van der Waals surface area contributed by atoms with Gasteiger partial charge in [0.05, 0.1) is 11.6 Å². The van der Waals surface area contributed by atoms with E-state index in [0.717, 1.165) is 18.5 Å². The highest BCUT2D eigenvalue weighted by atomic mass is 19.4. The monoisotopic (exact) mass is 471 g/mol. The number of carbonyl (C=O) groups is 2. The van der Waals surface area contributed by atoms with E-state index in [1.165, 1.54) is 29.9 Å². The predicted octanol–water partition coefficient (Wildman–Crippen LogP) is 4.18. The molecule has 178 valence electrons. The van der Waals surface area contributed by atoms with Crippen molar-refractivity contribution in [1.29, 1.82) is 5.26 Å². The van der Waals surface area contributed by atoms with Gasteiger partial charge in [-0.2, -0.15) is 18.4 Å². The lowest BCUT2D eigenvalue weighted by Crippen LogP contribution is -2.33. The van der Waals surface area contributed by atoms with Gasteiger partial charge < -0.3 is 15.0 Å². The Morgan fingerprint density at radius 2 is 1.88 bits per heavy atom. The van der Waals surface area contributed by atoms with Crippen LogP contribution in [0.3, 0.4) is 0 Å². The number of carbonyl (C=O) groups excluding carboxylic acids is 2. The van der Waals surface area contributed by atoms with E-state index in [1.807, 2.05) is 6.07 Å². The second kappa shape index (κ2) is 9.85. The fraction of sp³-hybridized carbons (Fsp3) is 0.400. The number of nitrogens with one attached hydrogen (secondary N) is 1. The first-order valence-electron chi connectivity index (χ1n) is 11.1. The van der Waals surface area contributed by atoms with Crippen LogP contribution >= 0.6 is 0 Å². The molecule has 1 N–H and O–H groups in total. The Hall–Kier alpha value is -3.38. The molecule has 0 saturated heterocycles. The van der Waals surface area contributed by atoms with Crippen LogP contribution in [0.1, 0.15) is 46.7 Å². The van der Waals surface area contributed by atoms with Gasteiger partial charge >= 0.3 is 12.1 Å². The van der Waals surface area contributed by atoms with Crippen molar-refractivity contribution in [2.75, 3.05) is 13.1 Å². The van der Waals surface area contributed by atoms with Crippen LogP contribution < -0.4 is 10.1 Å². The summed E-state index contributed by atoms with van der Waals surface area (Å²) in [5, 5.41) is 12.6. The van der Waals surface area contributed by atoms with Crippen molar-refractivity contribution in [3.63, 3.8) is 0 Å². The second-order valence-corrected chi connectivity index (χ2v) is 8.75. The fourth-order valence-corrected chi connectivity index (χ4v) is 3.88. The van der Waals surface area contributed by atoms with Crippen molar-refractivity contribution in [1.82, 2.24) is 10.2 Å². The van der Waals surface area contributed by atoms with Crippen LogP contribution in [0.2, 0.25) is 0 Å². The van der Waals surface area contributed by atoms with Crippen LogP contribution in [0.25, 0.3) is 0 Å². The molecule has 2 aromatic carbocycles. The molecule has 0 aromatic heterocycles. The standard InChI is InChI=1S/C25H24F3N3O3/c26-25(27,28)24(33)34-22-12-18(20-13-21(20)30-14-16-6-7-16)8-9-19(22)23(32)31(11-10-29)15-17-4-2-1-3-5-17/h1-5,8-9,12,16,20-21,30H,6-7,11,13-15H2. The third-order valence-electron chi connectivity index (χ3n) is 6.02. The highest BCUT2D eigenvalue weighted by molar-refractivity contribution is 5.98. The van der Waals surface area contributed by atoms with Gasteiger partial charge in [0.1, 0.15) is 12.3 Å². The lowest BCUT2D eigenvalue weighted by atomic mass is 10.0. The van der Waals surface area contributed by atoms with Crippen LogP contribution in [-0.2, 0) is 11.3 Å². The van der Waals surface area contributed by atoms with Gasteiger partial charge in [-0.3, -0.25) is 4.79 Å². The van der Waals surface area contributed by atoms with Gasteiger partial charge in [0.15, 0.2) is 0 Å². The van der Waals surface area contributed by atoms with Crippen LogP contribution in [0.5, 0.6) is 5.75 Å². The first-order chi connectivity index (χ1) is 16.3. The van der Waals surface area contributed by atoms with Crippen molar-refractivity contribution in [3.8, 4) is 11.8 Å². The molecule has 4 rings (SSSR count). The first-order valence-corrected chi connectivity index (χ1v) is 11.1. The summed E-state index contributed by atoms with van der Waals surface area (Å²) in [5.41, 5.74) is 1.25. The summed E-state index contributed by atoms with van der Waals surface area (Å²) in [5.74, 6) is -2.77. The number of rotatable bonds is 9. The van der Waals surface area contributed by atoms with Gasteiger partial charge in [0, 0.05) is 18.5 Å². The van der Waals surface area contributed by atoms with Gasteiger partial charge in [-0.05, 0) is 55.0 Å². The Morgan fingerprint density at radius 1 is 1.15 bits per heavy atom. The Kier molecular flexibility index (Phi) is 6.89. The predicted molar refractivity (Wildman–Crippen MR) is 117 cm³/mol. The number of amides is 1. The normalized spacial score (nSPS) is 19.2. The van der Waals surface area contributed by atoms with E-state index >= 15 is 0 Å². The minimum absolute atomic E-state index is 0.0748. The fourth-order valence-electron chi connectivity index (χ4n) is 3.88. The maximum absolute atomic E-state index is 13.2. The molecule has 0 bridgehead atoms. The number of halogens is 3. The van der Waals surface area contributed by atoms with E-state index in [0.29, 0.717) is 11.5 Å². The molecule has 2 aliphatic rings. The van der Waals surface area contributed by atoms with Crippen molar-refractivity contribution >= 4 is 11.9 Å². The quantitative estimate of drug-likeness (QED) is 0.337. The summed E-state index contributed by atoms with van der Waals surface area (Å²) in [6.45, 7) is 0.714. The molecular weight excluding hydrogens is 447 g/mol. The second-order valence-electron chi connectivity index (χ2n) is 8.75. The largest absolute Gasteiger partial charge is 0.491 e. The molecule has 0 spiro atoms. The molecule has 0 heterocycles. The lowest BCUT2D eigenvalue weighted by Gasteiger charge is -2.21. The summed E-state index contributed by atoms with van der Waals surface area (Å²) in [7, 11) is 0. The smallest absolute Gasteiger partial charge is 0.419 e. The molecular formula is C25H24F3N3O3. The molecule has 34 heavy (non-hydrogen) atoms. The van der Waals surface area contributed by atoms with Gasteiger partial charge in [-0.15, -0.1) is 0 Å². The molecule has 2 fully saturated rings. The first kappa shape index (κ1) is 23.8. The van der Waals surface area contributed by atoms with Crippen LogP contribution in [-0.4, -0.2) is 42.1 Å². The van der Waals surface area contributed by atoms with Gasteiger partial charge in [0.25, 0.3) is 5.91 Å². The van der Waals surface area contributed by atoms with E-state index in [4.69, 9.17) is 0 Å². The number of alkyl halides is 3. The third kappa shape index (κ3) is 5.94. The summed E-state index contributed by atoms with van der Waals surface area (Å²) in [6.07, 6.45) is -1.97. The van der Waals surface area contributed by atoms with Crippen molar-refractivity contribution in [3.05, 3.63) is 65.2 Å². The van der Waals surface area contributed by atoms with E-state index in [9.17, 15) is 28.0 Å². The van der Waals surface area contributed by atoms with Crippen molar-refractivity contribution in [2.45, 2.75) is 43.9 Å². The third-order valence-corrected chi connectivity index (χ3v) is 6.02. The van der Waals surface area contributed by atoms with Crippen LogP contribution in [0.15, 0.2) is 48.5 Å². The molecule has 6 nitrogen and oxygen atoms in total. The summed E-state index contributed by atoms with van der Waals surface area (Å²) in [6, 6.07) is 15.4. The van der Waals surface area contributed by atoms with E-state index in [1.54, 1.807) is 36.4 Å². The molecule has 2 saturated carbocycles. The maximum atomic E-state index is 13.2. The molecule has 2 unspecified atom stereocenters. The number of nitriles is 1. The number of hydrogen-bond donors (Lipinski definition) is 1. The van der Waals surface area contributed by atoms with E-state index < -0.39 is 23.8 Å². The Bertz CT molecular complexity index is 1090. The zero-order chi connectivity index (χ0) is 24.3. The SMILES string of the molecule is N#CCN(Cc1ccccc1)C(=O)c1ccc(C2CC2NCC2CC2)cc1OC(=O)C(F)(F)F. The Morgan fingerprint density at radius 3 is 2.53 bits per heavy atom. The number of ether oxygens (including phenoxy) is 1. The number of benzene rings is 2. The van der Waals surface area contributed by atoms with E-state index in [2.05, 4.69) is 10.1 Å². The Balaban J connectivity index is 1.58. The summed E-state index contributed by atoms with van der Waals surface area (Å²) in [4.78, 5) is 26.0. The molecule has 0 radical (unpaired) electrons. The zero-order valence-corrected chi connectivity index (χ0v) is 18.3. The average Bonchev–Trinajstić information content (AvgIpc) is 3.72. The maximum Gasteiger partial charge on any atom is 0.491 e. The highest BCUT2D eigenvalue weighted by Crippen LogP contribution is 2.43. The van der Waals surface area contributed by atoms with Crippen molar-refractivity contribution in [2.24, 2.45) is 5.92 Å². The molecule has 2 aromatic rings. The minimum atomic E-state index is -5.21. The average molecular weight is 471 g/mol. The van der Waals surface area contributed by atoms with Gasteiger partial charge in [0.2, 0.25) is 0 Å². The molecule has 2 atom stereocenters. The van der Waals surface area contributed by atoms with Crippen molar-refractivity contribution < 1.29 is 27.5 Å². The number of hydrogen-bond acceptors (Lipinski definition) is 5.